The second-order valence-corrected chi connectivity index (χ2v) is 8.21. The number of halogens is 1. The van der Waals surface area contributed by atoms with Crippen LogP contribution in [0.5, 0.6) is 0 Å². The van der Waals surface area contributed by atoms with Crippen molar-refractivity contribution >= 4 is 47.4 Å². The molecule has 180 valence electrons. The lowest BCUT2D eigenvalue weighted by molar-refractivity contribution is -0.388. The van der Waals surface area contributed by atoms with Gasteiger partial charge in [0.25, 0.3) is 0 Å². The zero-order valence-electron chi connectivity index (χ0n) is 18.3. The molecule has 4 rings (SSSR count). The number of nitro groups is 2. The largest absolute Gasteiger partial charge is 0.306 e. The molecule has 0 aliphatic rings. The lowest BCUT2D eigenvalue weighted by Gasteiger charge is -2.01. The topological polar surface area (TPSA) is 112 Å². The van der Waals surface area contributed by atoms with Crippen LogP contribution in [0.4, 0.5) is 11.4 Å². The molecule has 0 atom stereocenters. The van der Waals surface area contributed by atoms with Gasteiger partial charge in [0.2, 0.25) is 5.15 Å². The van der Waals surface area contributed by atoms with E-state index >= 15 is 0 Å². The molecular weight excluding hydrogens is 508 g/mol. The number of hydrogen-bond donors (Lipinski definition) is 1. The number of aromatic nitrogens is 2. The Kier molecular flexibility index (Phi) is 12.2. The Morgan fingerprint density at radius 1 is 0.743 bits per heavy atom. The van der Waals surface area contributed by atoms with Gasteiger partial charge in [-0.05, 0) is 23.3 Å². The van der Waals surface area contributed by atoms with E-state index in [0.717, 1.165) is 11.3 Å². The van der Waals surface area contributed by atoms with Crippen LogP contribution >= 0.6 is 36.0 Å². The van der Waals surface area contributed by atoms with Crippen molar-refractivity contribution in [2.75, 3.05) is 0 Å². The van der Waals surface area contributed by atoms with Gasteiger partial charge in [0.1, 0.15) is 0 Å². The third kappa shape index (κ3) is 10.1. The summed E-state index contributed by atoms with van der Waals surface area (Å²) >= 11 is 10.9. The first-order valence-electron chi connectivity index (χ1n) is 10.1. The molecule has 11 heteroatoms. The fraction of sp³-hybridized carbons (Fsp3) is 0.0833. The van der Waals surface area contributed by atoms with Gasteiger partial charge in [-0.1, -0.05) is 84.0 Å². The Labute approximate surface area is 217 Å². The van der Waals surface area contributed by atoms with Gasteiger partial charge in [-0.15, -0.1) is 0 Å². The van der Waals surface area contributed by atoms with Gasteiger partial charge < -0.3 is 0 Å². The first kappa shape index (κ1) is 27.8. The van der Waals surface area contributed by atoms with E-state index in [1.54, 1.807) is 12.3 Å². The molecule has 0 N–H and O–H groups in total. The van der Waals surface area contributed by atoms with Crippen LogP contribution < -0.4 is 0 Å². The van der Waals surface area contributed by atoms with Crippen LogP contribution in [-0.4, -0.2) is 19.8 Å². The van der Waals surface area contributed by atoms with Gasteiger partial charge in [0.15, 0.2) is 5.03 Å². The number of pyridine rings is 2. The summed E-state index contributed by atoms with van der Waals surface area (Å²) in [6, 6.07) is 25.8. The van der Waals surface area contributed by atoms with E-state index in [-0.39, 0.29) is 16.5 Å². The van der Waals surface area contributed by atoms with Crippen molar-refractivity contribution in [3.8, 4) is 0 Å². The smallest absolute Gasteiger partial charge is 0.258 e. The highest BCUT2D eigenvalue weighted by atomic mass is 35.5. The summed E-state index contributed by atoms with van der Waals surface area (Å²) in [6.45, 7) is 0. The summed E-state index contributed by atoms with van der Waals surface area (Å²) in [6.07, 6.45) is 2.97. The summed E-state index contributed by atoms with van der Waals surface area (Å²) in [5.41, 5.74) is 2.30. The van der Waals surface area contributed by atoms with E-state index in [1.807, 2.05) is 48.5 Å². The van der Waals surface area contributed by atoms with Crippen LogP contribution in [0.25, 0.3) is 0 Å². The van der Waals surface area contributed by atoms with Crippen LogP contribution in [0.15, 0.2) is 102 Å². The number of hydrogen-bond acceptors (Lipinski definition) is 8. The van der Waals surface area contributed by atoms with Crippen molar-refractivity contribution in [3.63, 3.8) is 0 Å². The Hall–Kier alpha value is -3.47. The van der Waals surface area contributed by atoms with E-state index in [4.69, 9.17) is 11.6 Å². The van der Waals surface area contributed by atoms with Gasteiger partial charge in [0, 0.05) is 36.0 Å². The molecule has 2 aromatic carbocycles. The summed E-state index contributed by atoms with van der Waals surface area (Å²) in [5, 5.41) is 21.3. The van der Waals surface area contributed by atoms with Crippen LogP contribution in [0.3, 0.4) is 0 Å². The summed E-state index contributed by atoms with van der Waals surface area (Å²) in [4.78, 5) is 27.5. The Bertz CT molecular complexity index is 1220. The first-order chi connectivity index (χ1) is 16.9. The predicted molar refractivity (Wildman–Crippen MR) is 142 cm³/mol. The molecule has 0 fully saturated rings. The second-order valence-electron chi connectivity index (χ2n) is 6.57. The SMILES string of the molecule is O=[N+]([O-])c1cccnc1Cl.O=[N+]([O-])c1cccnc1SCc1ccccc1.SCc1ccccc1. The quantitative estimate of drug-likeness (QED) is 0.0938. The summed E-state index contributed by atoms with van der Waals surface area (Å²) in [7, 11) is 0. The number of benzene rings is 2. The predicted octanol–water partition coefficient (Wildman–Crippen LogP) is 7.04. The van der Waals surface area contributed by atoms with Crippen LogP contribution in [0.1, 0.15) is 11.1 Å². The molecule has 0 bridgehead atoms. The normalized spacial score (nSPS) is 9.66. The van der Waals surface area contributed by atoms with Crippen molar-refractivity contribution in [1.82, 2.24) is 9.97 Å². The standard InChI is InChI=1S/C12H10N2O2S.C7H8S.C5H3ClN2O2/c15-14(16)11-7-4-8-13-12(11)17-9-10-5-2-1-3-6-10;8-6-7-4-2-1-3-5-7;6-5-4(8(9)10)2-1-3-7-5/h1-8H,9H2;1-5,8H,6H2;1-3H. The third-order valence-corrected chi connectivity index (χ3v) is 5.85. The number of thiol groups is 1. The fourth-order valence-electron chi connectivity index (χ4n) is 2.46. The molecule has 0 spiro atoms. The zero-order valence-corrected chi connectivity index (χ0v) is 20.8. The van der Waals surface area contributed by atoms with Crippen molar-refractivity contribution in [3.05, 3.63) is 134 Å². The minimum atomic E-state index is -0.574. The Balaban J connectivity index is 0.000000204. The highest BCUT2D eigenvalue weighted by Gasteiger charge is 2.14. The summed E-state index contributed by atoms with van der Waals surface area (Å²) in [5.74, 6) is 1.51. The van der Waals surface area contributed by atoms with E-state index in [2.05, 4.69) is 34.7 Å². The second kappa shape index (κ2) is 15.4. The highest BCUT2D eigenvalue weighted by Crippen LogP contribution is 2.28. The van der Waals surface area contributed by atoms with Gasteiger partial charge in [-0.25, -0.2) is 9.97 Å². The molecule has 8 nitrogen and oxygen atoms in total. The molecule has 4 aromatic rings. The fourth-order valence-corrected chi connectivity index (χ4v) is 3.78. The van der Waals surface area contributed by atoms with Crippen molar-refractivity contribution in [2.45, 2.75) is 16.5 Å². The molecule has 0 radical (unpaired) electrons. The van der Waals surface area contributed by atoms with Gasteiger partial charge in [0.05, 0.1) is 9.85 Å². The van der Waals surface area contributed by atoms with Crippen molar-refractivity contribution in [1.29, 1.82) is 0 Å². The molecule has 0 aliphatic heterocycles. The van der Waals surface area contributed by atoms with E-state index in [9.17, 15) is 20.2 Å². The number of nitrogens with zero attached hydrogens (tertiary/aromatic N) is 4. The van der Waals surface area contributed by atoms with E-state index in [0.29, 0.717) is 10.8 Å². The van der Waals surface area contributed by atoms with Crippen LogP contribution in [-0.2, 0) is 11.5 Å². The molecule has 35 heavy (non-hydrogen) atoms. The first-order valence-corrected chi connectivity index (χ1v) is 12.1. The maximum absolute atomic E-state index is 10.8. The van der Waals surface area contributed by atoms with Crippen molar-refractivity contribution < 1.29 is 9.85 Å². The zero-order chi connectivity index (χ0) is 25.5. The summed E-state index contributed by atoms with van der Waals surface area (Å²) < 4.78 is 0. The minimum Gasteiger partial charge on any atom is -0.258 e. The number of thioether (sulfide) groups is 1. The molecule has 0 saturated heterocycles. The van der Waals surface area contributed by atoms with Gasteiger partial charge in [-0.2, -0.15) is 12.6 Å². The Morgan fingerprint density at radius 3 is 1.71 bits per heavy atom. The highest BCUT2D eigenvalue weighted by molar-refractivity contribution is 7.98. The number of rotatable bonds is 6. The maximum Gasteiger partial charge on any atom is 0.306 e. The monoisotopic (exact) mass is 528 g/mol. The maximum atomic E-state index is 10.8. The molecule has 2 heterocycles. The average Bonchev–Trinajstić information content (AvgIpc) is 2.89. The molecular formula is C24H21ClN4O4S2. The van der Waals surface area contributed by atoms with Crippen molar-refractivity contribution in [2.24, 2.45) is 0 Å². The molecule has 0 unspecified atom stereocenters. The Morgan fingerprint density at radius 2 is 1.26 bits per heavy atom. The van der Waals surface area contributed by atoms with Crippen LogP contribution in [0.2, 0.25) is 5.15 Å². The van der Waals surface area contributed by atoms with E-state index in [1.165, 1.54) is 41.7 Å². The molecule has 0 amide bonds. The molecule has 2 aromatic heterocycles. The minimum absolute atomic E-state index is 0.0634. The average molecular weight is 529 g/mol. The lowest BCUT2D eigenvalue weighted by atomic mass is 10.2. The van der Waals surface area contributed by atoms with E-state index < -0.39 is 9.85 Å². The van der Waals surface area contributed by atoms with Crippen LogP contribution in [0, 0.1) is 20.2 Å². The third-order valence-electron chi connectivity index (χ3n) is 4.13. The van der Waals surface area contributed by atoms with Gasteiger partial charge >= 0.3 is 11.4 Å². The molecule has 0 saturated carbocycles. The molecule has 0 aliphatic carbocycles. The lowest BCUT2D eigenvalue weighted by Crippen LogP contribution is -1.93. The van der Waals surface area contributed by atoms with Gasteiger partial charge in [-0.3, -0.25) is 20.2 Å².